The van der Waals surface area contributed by atoms with Crippen molar-refractivity contribution in [3.05, 3.63) is 0 Å². The highest BCUT2D eigenvalue weighted by atomic mass is 16.4. The Balaban J connectivity index is 3.91. The topological polar surface area (TPSA) is 83.5 Å². The van der Waals surface area contributed by atoms with Crippen molar-refractivity contribution >= 4 is 5.97 Å². The molecule has 9 heavy (non-hydrogen) atoms. The third-order valence-corrected chi connectivity index (χ3v) is 0.796. The van der Waals surface area contributed by atoms with E-state index < -0.39 is 18.1 Å². The zero-order valence-corrected chi connectivity index (χ0v) is 4.61. The Morgan fingerprint density at radius 3 is 2.33 bits per heavy atom. The van der Waals surface area contributed by atoms with Crippen molar-refractivity contribution in [3.63, 3.8) is 0 Å². The second kappa shape index (κ2) is 3.07. The lowest BCUT2D eigenvalue weighted by molar-refractivity contribution is -0.140. The average molecular weight is 129 g/mol. The molecule has 0 radical (unpaired) electrons. The van der Waals surface area contributed by atoms with Crippen LogP contribution in [0.4, 0.5) is 0 Å². The summed E-state index contributed by atoms with van der Waals surface area (Å²) in [6.45, 7) is 0. The Labute approximate surface area is 52.3 Å². The van der Waals surface area contributed by atoms with Gasteiger partial charge in [-0.3, -0.25) is 4.79 Å². The van der Waals surface area contributed by atoms with Crippen molar-refractivity contribution in [1.82, 2.24) is 0 Å². The molecule has 2 unspecified atom stereocenters. The molecule has 50 valence electrons. The average Bonchev–Trinajstić information content (AvgIpc) is 1.84. The maximum absolute atomic E-state index is 9.92. The predicted octanol–water partition coefficient (Wildman–Crippen LogP) is -1.61. The van der Waals surface area contributed by atoms with Gasteiger partial charge in [-0.2, -0.15) is 0 Å². The molecule has 0 fully saturated rings. The number of carbonyl (C=O) groups is 1. The fourth-order valence-corrected chi connectivity index (χ4v) is 0.239. The molecule has 0 saturated carbocycles. The fourth-order valence-electron chi connectivity index (χ4n) is 0.239. The monoisotopic (exact) mass is 129 g/mol. The first-order valence-electron chi connectivity index (χ1n) is 2.22. The van der Waals surface area contributed by atoms with Gasteiger partial charge in [-0.05, 0) is 0 Å². The maximum Gasteiger partial charge on any atom is 0.324 e. The molecule has 0 aromatic heterocycles. The van der Waals surface area contributed by atoms with Crippen LogP contribution < -0.4 is 5.73 Å². The number of rotatable bonds is 2. The number of aliphatic hydroxyl groups excluding tert-OH is 1. The van der Waals surface area contributed by atoms with Crippen LogP contribution in [-0.2, 0) is 4.79 Å². The quantitative estimate of drug-likeness (QED) is 0.392. The summed E-state index contributed by atoms with van der Waals surface area (Å²) in [7, 11) is 0. The van der Waals surface area contributed by atoms with E-state index in [1.165, 1.54) is 0 Å². The lowest BCUT2D eigenvalue weighted by Gasteiger charge is -2.06. The van der Waals surface area contributed by atoms with Crippen LogP contribution in [0.2, 0.25) is 0 Å². The summed E-state index contributed by atoms with van der Waals surface area (Å²) >= 11 is 0. The molecule has 4 heteroatoms. The van der Waals surface area contributed by atoms with E-state index in [2.05, 4.69) is 6.42 Å². The summed E-state index contributed by atoms with van der Waals surface area (Å²) in [4.78, 5) is 9.92. The van der Waals surface area contributed by atoms with Gasteiger partial charge in [0.05, 0.1) is 0 Å². The van der Waals surface area contributed by atoms with Crippen LogP contribution >= 0.6 is 0 Å². The number of nitrogens with two attached hydrogens (primary N) is 1. The lowest BCUT2D eigenvalue weighted by atomic mass is 10.2. The SMILES string of the molecule is C#CC(O)C(N)C(=O)O. The summed E-state index contributed by atoms with van der Waals surface area (Å²) in [6.07, 6.45) is 3.27. The van der Waals surface area contributed by atoms with Crippen LogP contribution in [-0.4, -0.2) is 28.3 Å². The van der Waals surface area contributed by atoms with Crippen LogP contribution in [0.5, 0.6) is 0 Å². The summed E-state index contributed by atoms with van der Waals surface area (Å²) in [6, 6.07) is -1.38. The van der Waals surface area contributed by atoms with Crippen molar-refractivity contribution in [2.45, 2.75) is 12.1 Å². The normalized spacial score (nSPS) is 15.7. The zero-order valence-electron chi connectivity index (χ0n) is 4.61. The molecule has 0 spiro atoms. The third kappa shape index (κ3) is 2.13. The van der Waals surface area contributed by atoms with E-state index in [0.717, 1.165) is 0 Å². The van der Waals surface area contributed by atoms with E-state index in [-0.39, 0.29) is 0 Å². The summed E-state index contributed by atoms with van der Waals surface area (Å²) in [5.41, 5.74) is 4.88. The number of carboxylic acids is 1. The first-order chi connectivity index (χ1) is 4.09. The van der Waals surface area contributed by atoms with E-state index in [1.54, 1.807) is 5.92 Å². The van der Waals surface area contributed by atoms with Crippen LogP contribution in [0.3, 0.4) is 0 Å². The molecular formula is C5H7NO3. The van der Waals surface area contributed by atoms with Gasteiger partial charge in [0, 0.05) is 0 Å². The molecule has 0 heterocycles. The maximum atomic E-state index is 9.92. The van der Waals surface area contributed by atoms with E-state index in [4.69, 9.17) is 15.9 Å². The van der Waals surface area contributed by atoms with Gasteiger partial charge in [-0.1, -0.05) is 5.92 Å². The minimum Gasteiger partial charge on any atom is -0.480 e. The van der Waals surface area contributed by atoms with Gasteiger partial charge < -0.3 is 15.9 Å². The minimum absolute atomic E-state index is 1.31. The number of hydrogen-bond donors (Lipinski definition) is 3. The van der Waals surface area contributed by atoms with Gasteiger partial charge >= 0.3 is 5.97 Å². The molecule has 4 N–H and O–H groups in total. The summed E-state index contributed by atoms with van der Waals surface area (Å²) in [5.74, 6) is 0.491. The molecule has 2 atom stereocenters. The summed E-state index contributed by atoms with van der Waals surface area (Å²) < 4.78 is 0. The van der Waals surface area contributed by atoms with Gasteiger partial charge in [0.15, 0.2) is 0 Å². The largest absolute Gasteiger partial charge is 0.480 e. The van der Waals surface area contributed by atoms with Crippen molar-refractivity contribution in [3.8, 4) is 12.3 Å². The smallest absolute Gasteiger partial charge is 0.324 e. The molecule has 0 bridgehead atoms. The van der Waals surface area contributed by atoms with Gasteiger partial charge in [0.25, 0.3) is 0 Å². The third-order valence-electron chi connectivity index (χ3n) is 0.796. The Morgan fingerprint density at radius 1 is 1.78 bits per heavy atom. The van der Waals surface area contributed by atoms with Gasteiger partial charge in [0.1, 0.15) is 12.1 Å². The molecule has 0 aliphatic heterocycles. The van der Waals surface area contributed by atoms with Crippen molar-refractivity contribution < 1.29 is 15.0 Å². The van der Waals surface area contributed by atoms with Crippen molar-refractivity contribution in [2.75, 3.05) is 0 Å². The fraction of sp³-hybridized carbons (Fsp3) is 0.400. The highest BCUT2D eigenvalue weighted by molar-refractivity contribution is 5.74. The highest BCUT2D eigenvalue weighted by Gasteiger charge is 2.18. The highest BCUT2D eigenvalue weighted by Crippen LogP contribution is 1.86. The van der Waals surface area contributed by atoms with Crippen LogP contribution in [0, 0.1) is 12.3 Å². The van der Waals surface area contributed by atoms with Crippen molar-refractivity contribution in [1.29, 1.82) is 0 Å². The van der Waals surface area contributed by atoms with Crippen molar-refractivity contribution in [2.24, 2.45) is 5.73 Å². The number of aliphatic hydroxyl groups is 1. The molecule has 0 aromatic carbocycles. The predicted molar refractivity (Wildman–Crippen MR) is 30.5 cm³/mol. The standard InChI is InChI=1S/C5H7NO3/c1-2-3(7)4(6)5(8)9/h1,3-4,7H,6H2,(H,8,9). The summed E-state index contributed by atoms with van der Waals surface area (Å²) in [5, 5.41) is 16.7. The molecule has 0 amide bonds. The zero-order chi connectivity index (χ0) is 7.44. The van der Waals surface area contributed by atoms with E-state index in [1.807, 2.05) is 0 Å². The lowest BCUT2D eigenvalue weighted by Crippen LogP contribution is -2.40. The number of aliphatic carboxylic acids is 1. The van der Waals surface area contributed by atoms with Gasteiger partial charge in [-0.25, -0.2) is 0 Å². The van der Waals surface area contributed by atoms with E-state index in [9.17, 15) is 4.79 Å². The molecule has 4 nitrogen and oxygen atoms in total. The molecule has 0 aliphatic carbocycles. The number of hydrogen-bond acceptors (Lipinski definition) is 3. The second-order valence-electron chi connectivity index (χ2n) is 1.48. The van der Waals surface area contributed by atoms with Gasteiger partial charge in [0.2, 0.25) is 0 Å². The van der Waals surface area contributed by atoms with E-state index >= 15 is 0 Å². The Morgan fingerprint density at radius 2 is 2.22 bits per heavy atom. The first kappa shape index (κ1) is 7.95. The molecule has 0 aromatic rings. The van der Waals surface area contributed by atoms with E-state index in [0.29, 0.717) is 0 Å². The van der Waals surface area contributed by atoms with Crippen LogP contribution in [0.25, 0.3) is 0 Å². The van der Waals surface area contributed by atoms with Gasteiger partial charge in [-0.15, -0.1) is 6.42 Å². The number of terminal acetylenes is 1. The molecule has 0 saturated heterocycles. The number of carboxylic acid groups (broad SMARTS) is 1. The Hall–Kier alpha value is -1.05. The second-order valence-corrected chi connectivity index (χ2v) is 1.48. The van der Waals surface area contributed by atoms with Crippen LogP contribution in [0.15, 0.2) is 0 Å². The van der Waals surface area contributed by atoms with Crippen LogP contribution in [0.1, 0.15) is 0 Å². The minimum atomic E-state index is -1.40. The molecular weight excluding hydrogens is 122 g/mol. The molecule has 0 aliphatic rings. The molecule has 0 rings (SSSR count). The first-order valence-corrected chi connectivity index (χ1v) is 2.22. The Bertz CT molecular complexity index is 149. The Kier molecular flexibility index (Phi) is 2.71.